The molecule has 10 heteroatoms. The first-order valence-corrected chi connectivity index (χ1v) is 10.4. The quantitative estimate of drug-likeness (QED) is 0.578. The average molecular weight is 388 g/mol. The molecule has 1 N–H and O–H groups in total. The van der Waals surface area contributed by atoms with Crippen LogP contribution in [0.5, 0.6) is 0 Å². The number of rotatable bonds is 4. The van der Waals surface area contributed by atoms with E-state index in [0.29, 0.717) is 26.2 Å². The van der Waals surface area contributed by atoms with Crippen molar-refractivity contribution >= 4 is 37.6 Å². The van der Waals surface area contributed by atoms with Crippen molar-refractivity contribution in [2.75, 3.05) is 11.6 Å². The molecule has 26 heavy (non-hydrogen) atoms. The summed E-state index contributed by atoms with van der Waals surface area (Å²) < 4.78 is 27.7. The predicted octanol–water partition coefficient (Wildman–Crippen LogP) is 2.65. The molecule has 0 saturated carbocycles. The van der Waals surface area contributed by atoms with Crippen LogP contribution in [0.1, 0.15) is 5.56 Å². The number of fused-ring (bicyclic) bond motifs is 1. The second-order valence-electron chi connectivity index (χ2n) is 5.99. The van der Waals surface area contributed by atoms with Crippen molar-refractivity contribution in [2.45, 2.75) is 11.1 Å². The fourth-order valence-corrected chi connectivity index (χ4v) is 5.11. The van der Waals surface area contributed by atoms with Crippen molar-refractivity contribution in [1.29, 1.82) is 0 Å². The molecular formula is C16H16N6O2S2. The van der Waals surface area contributed by atoms with Crippen molar-refractivity contribution in [3.63, 3.8) is 0 Å². The van der Waals surface area contributed by atoms with E-state index in [2.05, 4.69) is 20.4 Å². The van der Waals surface area contributed by atoms with Crippen molar-refractivity contribution in [2.24, 2.45) is 7.05 Å². The minimum atomic E-state index is -3.25. The molecule has 0 aliphatic carbocycles. The van der Waals surface area contributed by atoms with E-state index in [4.69, 9.17) is 0 Å². The van der Waals surface area contributed by atoms with Gasteiger partial charge in [0.05, 0.1) is 23.1 Å². The first-order chi connectivity index (χ1) is 12.3. The minimum absolute atomic E-state index is 0.353. The molecule has 0 unspecified atom stereocenters. The van der Waals surface area contributed by atoms with Crippen LogP contribution in [0.15, 0.2) is 41.3 Å². The number of hydrogen-bond donors (Lipinski definition) is 1. The third kappa shape index (κ3) is 2.86. The van der Waals surface area contributed by atoms with Gasteiger partial charge in [0, 0.05) is 37.5 Å². The Balaban J connectivity index is 1.76. The molecule has 4 aromatic rings. The minimum Gasteiger partial charge on any atom is -0.329 e. The highest BCUT2D eigenvalue weighted by molar-refractivity contribution is 7.92. The second kappa shape index (κ2) is 5.92. The first kappa shape index (κ1) is 16.7. The van der Waals surface area contributed by atoms with Crippen molar-refractivity contribution in [3.05, 3.63) is 42.6 Å². The molecule has 0 aliphatic heterocycles. The normalized spacial score (nSPS) is 12.0. The van der Waals surface area contributed by atoms with Crippen LogP contribution in [0.25, 0.3) is 16.9 Å². The van der Waals surface area contributed by atoms with Gasteiger partial charge in [-0.2, -0.15) is 5.10 Å². The van der Waals surface area contributed by atoms with Gasteiger partial charge < -0.3 is 5.32 Å². The lowest BCUT2D eigenvalue weighted by atomic mass is 10.3. The summed E-state index contributed by atoms with van der Waals surface area (Å²) in [7, 11) is -1.39. The highest BCUT2D eigenvalue weighted by atomic mass is 32.2. The zero-order chi connectivity index (χ0) is 18.5. The molecule has 0 fully saturated rings. The molecule has 0 aromatic carbocycles. The number of aryl methyl sites for hydroxylation is 2. The highest BCUT2D eigenvalue weighted by Crippen LogP contribution is 2.33. The van der Waals surface area contributed by atoms with Crippen LogP contribution in [0.4, 0.5) is 10.8 Å². The van der Waals surface area contributed by atoms with Gasteiger partial charge in [0.25, 0.3) is 0 Å². The van der Waals surface area contributed by atoms with Crippen LogP contribution < -0.4 is 5.32 Å². The molecule has 4 aromatic heterocycles. The number of sulfone groups is 1. The van der Waals surface area contributed by atoms with Crippen LogP contribution in [-0.4, -0.2) is 38.8 Å². The summed E-state index contributed by atoms with van der Waals surface area (Å²) in [6.07, 6.45) is 10.2. The molecular weight excluding hydrogens is 372 g/mol. The summed E-state index contributed by atoms with van der Waals surface area (Å²) in [6.45, 7) is 1.78. The van der Waals surface area contributed by atoms with Gasteiger partial charge in [0.1, 0.15) is 4.21 Å². The van der Waals surface area contributed by atoms with Gasteiger partial charge in [0.2, 0.25) is 0 Å². The Bertz CT molecular complexity index is 1220. The van der Waals surface area contributed by atoms with Gasteiger partial charge in [0.15, 0.2) is 21.3 Å². The predicted molar refractivity (Wildman–Crippen MR) is 101 cm³/mol. The maximum absolute atomic E-state index is 11.8. The van der Waals surface area contributed by atoms with E-state index < -0.39 is 9.84 Å². The molecule has 0 spiro atoms. The van der Waals surface area contributed by atoms with Gasteiger partial charge in [-0.3, -0.25) is 9.08 Å². The molecule has 4 rings (SSSR count). The van der Waals surface area contributed by atoms with Gasteiger partial charge in [-0.05, 0) is 18.6 Å². The summed E-state index contributed by atoms with van der Waals surface area (Å²) in [4.78, 5) is 8.82. The molecule has 134 valence electrons. The summed E-state index contributed by atoms with van der Waals surface area (Å²) >= 11 is 1.19. The number of nitrogens with one attached hydrogen (secondary N) is 1. The number of thiophene rings is 1. The van der Waals surface area contributed by atoms with E-state index in [-0.39, 0.29) is 0 Å². The fraction of sp³-hybridized carbons (Fsp3) is 0.188. The van der Waals surface area contributed by atoms with Crippen LogP contribution in [0, 0.1) is 6.92 Å². The van der Waals surface area contributed by atoms with Crippen molar-refractivity contribution in [1.82, 2.24) is 24.1 Å². The van der Waals surface area contributed by atoms with Gasteiger partial charge >= 0.3 is 0 Å². The highest BCUT2D eigenvalue weighted by Gasteiger charge is 2.17. The van der Waals surface area contributed by atoms with E-state index >= 15 is 0 Å². The van der Waals surface area contributed by atoms with E-state index in [0.717, 1.165) is 11.3 Å². The lowest BCUT2D eigenvalue weighted by Gasteiger charge is -2.05. The summed E-state index contributed by atoms with van der Waals surface area (Å²) in [5, 5.41) is 8.09. The Morgan fingerprint density at radius 1 is 1.23 bits per heavy atom. The first-order valence-electron chi connectivity index (χ1n) is 7.71. The molecule has 0 amide bonds. The number of anilines is 2. The van der Waals surface area contributed by atoms with Crippen molar-refractivity contribution in [3.8, 4) is 11.3 Å². The van der Waals surface area contributed by atoms with Crippen molar-refractivity contribution < 1.29 is 8.42 Å². The van der Waals surface area contributed by atoms with Gasteiger partial charge in [-0.15, -0.1) is 11.3 Å². The number of aromatic nitrogens is 5. The van der Waals surface area contributed by atoms with Crippen LogP contribution in [-0.2, 0) is 16.9 Å². The molecule has 8 nitrogen and oxygen atoms in total. The summed E-state index contributed by atoms with van der Waals surface area (Å²) in [6, 6.07) is 1.80. The maximum atomic E-state index is 11.8. The Hall–Kier alpha value is -2.72. The second-order valence-corrected chi connectivity index (χ2v) is 9.26. The smallest absolute Gasteiger partial charge is 0.185 e. The van der Waals surface area contributed by atoms with Crippen LogP contribution >= 0.6 is 11.3 Å². The van der Waals surface area contributed by atoms with E-state index in [9.17, 15) is 8.42 Å². The standard InChI is InChI=1S/C16H16N6O2S2/c1-10-6-13(25-16(10)26(3,23)24)20-14-15-18-8-12(22(15)5-4-17-14)11-7-19-21(2)9-11/h4-9H,1-3H3,(H,17,20). The Labute approximate surface area is 154 Å². The third-order valence-corrected chi connectivity index (χ3v) is 6.98. The molecule has 0 bridgehead atoms. The zero-order valence-electron chi connectivity index (χ0n) is 14.3. The zero-order valence-corrected chi connectivity index (χ0v) is 16.0. The van der Waals surface area contributed by atoms with Crippen LogP contribution in [0.2, 0.25) is 0 Å². The SMILES string of the molecule is Cc1cc(Nc2nccn3c(-c4cnn(C)c4)cnc23)sc1S(C)(=O)=O. The maximum Gasteiger partial charge on any atom is 0.185 e. The fourth-order valence-electron chi connectivity index (χ4n) is 2.79. The Morgan fingerprint density at radius 2 is 2.04 bits per heavy atom. The number of hydrogen-bond acceptors (Lipinski definition) is 7. The Kier molecular flexibility index (Phi) is 3.81. The largest absolute Gasteiger partial charge is 0.329 e. The third-order valence-electron chi connectivity index (χ3n) is 3.88. The van der Waals surface area contributed by atoms with E-state index in [1.54, 1.807) is 36.3 Å². The lowest BCUT2D eigenvalue weighted by molar-refractivity contribution is 0.603. The van der Waals surface area contributed by atoms with Gasteiger partial charge in [-0.25, -0.2) is 18.4 Å². The average Bonchev–Trinajstić information content (AvgIpc) is 3.25. The summed E-state index contributed by atoms with van der Waals surface area (Å²) in [5.41, 5.74) is 3.21. The molecule has 0 radical (unpaired) electrons. The molecule has 0 atom stereocenters. The lowest BCUT2D eigenvalue weighted by Crippen LogP contribution is -1.97. The Morgan fingerprint density at radius 3 is 2.69 bits per heavy atom. The number of nitrogens with zero attached hydrogens (tertiary/aromatic N) is 5. The molecule has 4 heterocycles. The van der Waals surface area contributed by atoms with Crippen LogP contribution in [0.3, 0.4) is 0 Å². The van der Waals surface area contributed by atoms with E-state index in [1.807, 2.05) is 23.8 Å². The van der Waals surface area contributed by atoms with Gasteiger partial charge in [-0.1, -0.05) is 0 Å². The van der Waals surface area contributed by atoms with E-state index in [1.165, 1.54) is 17.6 Å². The molecule has 0 aliphatic rings. The summed E-state index contributed by atoms with van der Waals surface area (Å²) in [5.74, 6) is 0.559. The monoisotopic (exact) mass is 388 g/mol. The topological polar surface area (TPSA) is 94.2 Å². The number of imidazole rings is 1. The molecule has 0 saturated heterocycles.